The summed E-state index contributed by atoms with van der Waals surface area (Å²) in [5.41, 5.74) is 1.66. The third-order valence-electron chi connectivity index (χ3n) is 3.50. The van der Waals surface area contributed by atoms with Gasteiger partial charge in [-0.1, -0.05) is 6.07 Å². The molecule has 128 valence electrons. The van der Waals surface area contributed by atoms with Crippen molar-refractivity contribution in [3.63, 3.8) is 0 Å². The highest BCUT2D eigenvalue weighted by molar-refractivity contribution is 6.06. The highest BCUT2D eigenvalue weighted by Gasteiger charge is 2.16. The Morgan fingerprint density at radius 1 is 1.25 bits per heavy atom. The van der Waals surface area contributed by atoms with E-state index in [2.05, 4.69) is 5.32 Å². The highest BCUT2D eigenvalue weighted by atomic mass is 19.1. The number of carbonyl (C=O) groups excluding carboxylic acids is 1. The average molecular weight is 332 g/mol. The molecule has 0 radical (unpaired) electrons. The third-order valence-corrected chi connectivity index (χ3v) is 3.50. The molecule has 0 aliphatic rings. The first-order chi connectivity index (χ1) is 11.6. The number of aliphatic hydroxyl groups is 1. The quantitative estimate of drug-likeness (QED) is 0.818. The second kappa shape index (κ2) is 8.31. The first-order valence-electron chi connectivity index (χ1n) is 7.71. The molecule has 2 aromatic rings. The fourth-order valence-corrected chi connectivity index (χ4v) is 2.26. The van der Waals surface area contributed by atoms with Gasteiger partial charge in [0.1, 0.15) is 0 Å². The molecule has 1 amide bonds. The van der Waals surface area contributed by atoms with Gasteiger partial charge in [0.25, 0.3) is 5.91 Å². The van der Waals surface area contributed by atoms with Crippen molar-refractivity contribution in [1.82, 2.24) is 0 Å². The third kappa shape index (κ3) is 4.23. The van der Waals surface area contributed by atoms with E-state index in [1.165, 1.54) is 18.2 Å². The molecule has 6 heteroatoms. The number of ether oxygens (including phenoxy) is 1. The van der Waals surface area contributed by atoms with Crippen LogP contribution >= 0.6 is 0 Å². The minimum absolute atomic E-state index is 0.0446. The Balaban J connectivity index is 2.14. The summed E-state index contributed by atoms with van der Waals surface area (Å²) in [7, 11) is 1.87. The van der Waals surface area contributed by atoms with Crippen LogP contribution in [0.15, 0.2) is 42.5 Å². The number of anilines is 2. The minimum Gasteiger partial charge on any atom is -0.490 e. The number of amides is 1. The van der Waals surface area contributed by atoms with Gasteiger partial charge in [-0.05, 0) is 43.3 Å². The number of halogens is 1. The Morgan fingerprint density at radius 2 is 1.96 bits per heavy atom. The van der Waals surface area contributed by atoms with Crippen molar-refractivity contribution in [2.45, 2.75) is 6.92 Å². The van der Waals surface area contributed by atoms with E-state index in [0.29, 0.717) is 12.2 Å². The van der Waals surface area contributed by atoms with Crippen LogP contribution in [0.2, 0.25) is 0 Å². The molecule has 0 spiro atoms. The van der Waals surface area contributed by atoms with Crippen LogP contribution in [0.5, 0.6) is 5.75 Å². The zero-order valence-corrected chi connectivity index (χ0v) is 13.8. The normalized spacial score (nSPS) is 10.3. The van der Waals surface area contributed by atoms with Crippen molar-refractivity contribution in [3.8, 4) is 5.75 Å². The molecule has 0 aliphatic carbocycles. The van der Waals surface area contributed by atoms with E-state index >= 15 is 0 Å². The smallest absolute Gasteiger partial charge is 0.259 e. The van der Waals surface area contributed by atoms with Crippen molar-refractivity contribution < 1.29 is 19.0 Å². The maximum Gasteiger partial charge on any atom is 0.259 e. The highest BCUT2D eigenvalue weighted by Crippen LogP contribution is 2.24. The summed E-state index contributed by atoms with van der Waals surface area (Å²) in [6.07, 6.45) is 0. The lowest BCUT2D eigenvalue weighted by Gasteiger charge is -2.18. The summed E-state index contributed by atoms with van der Waals surface area (Å²) < 4.78 is 19.1. The van der Waals surface area contributed by atoms with Gasteiger partial charge in [-0.2, -0.15) is 0 Å². The summed E-state index contributed by atoms with van der Waals surface area (Å²) in [5.74, 6) is -1.04. The van der Waals surface area contributed by atoms with E-state index < -0.39 is 11.7 Å². The van der Waals surface area contributed by atoms with E-state index in [1.807, 2.05) is 24.1 Å². The number of likely N-dealkylation sites (N-methyl/N-ethyl adjacent to an activating group) is 1. The van der Waals surface area contributed by atoms with Gasteiger partial charge in [-0.15, -0.1) is 0 Å². The van der Waals surface area contributed by atoms with Gasteiger partial charge in [-0.25, -0.2) is 4.39 Å². The Morgan fingerprint density at radius 3 is 2.58 bits per heavy atom. The predicted octanol–water partition coefficient (Wildman–Crippen LogP) is 2.91. The molecule has 0 bridgehead atoms. The average Bonchev–Trinajstić information content (AvgIpc) is 2.57. The van der Waals surface area contributed by atoms with Gasteiger partial charge in [0.15, 0.2) is 11.6 Å². The van der Waals surface area contributed by atoms with Crippen molar-refractivity contribution in [3.05, 3.63) is 53.8 Å². The Bertz CT molecular complexity index is 689. The van der Waals surface area contributed by atoms with E-state index in [9.17, 15) is 9.18 Å². The van der Waals surface area contributed by atoms with Gasteiger partial charge >= 0.3 is 0 Å². The summed E-state index contributed by atoms with van der Waals surface area (Å²) in [6, 6.07) is 11.4. The van der Waals surface area contributed by atoms with E-state index in [0.717, 1.165) is 5.69 Å². The van der Waals surface area contributed by atoms with Crippen molar-refractivity contribution in [2.24, 2.45) is 0 Å². The monoisotopic (exact) mass is 332 g/mol. The number of nitrogens with one attached hydrogen (secondary N) is 1. The number of benzene rings is 2. The van der Waals surface area contributed by atoms with E-state index in [1.54, 1.807) is 19.1 Å². The van der Waals surface area contributed by atoms with Gasteiger partial charge in [0.2, 0.25) is 0 Å². The molecule has 0 atom stereocenters. The van der Waals surface area contributed by atoms with Gasteiger partial charge in [0.05, 0.1) is 18.8 Å². The lowest BCUT2D eigenvalue weighted by atomic mass is 10.1. The summed E-state index contributed by atoms with van der Waals surface area (Å²) >= 11 is 0. The van der Waals surface area contributed by atoms with Gasteiger partial charge in [-0.3, -0.25) is 4.79 Å². The van der Waals surface area contributed by atoms with E-state index in [4.69, 9.17) is 9.84 Å². The molecular formula is C18H21FN2O3. The van der Waals surface area contributed by atoms with Crippen LogP contribution in [-0.4, -0.2) is 37.8 Å². The number of para-hydroxylation sites is 1. The van der Waals surface area contributed by atoms with Crippen LogP contribution in [0.25, 0.3) is 0 Å². The van der Waals surface area contributed by atoms with Crippen molar-refractivity contribution in [1.29, 1.82) is 0 Å². The zero-order valence-electron chi connectivity index (χ0n) is 13.8. The second-order valence-corrected chi connectivity index (χ2v) is 5.20. The maximum absolute atomic E-state index is 13.8. The number of nitrogens with zero attached hydrogens (tertiary/aromatic N) is 1. The second-order valence-electron chi connectivity index (χ2n) is 5.20. The molecular weight excluding hydrogens is 311 g/mol. The molecule has 0 aromatic heterocycles. The fourth-order valence-electron chi connectivity index (χ4n) is 2.26. The van der Waals surface area contributed by atoms with Crippen LogP contribution in [0.3, 0.4) is 0 Å². The number of carbonyl (C=O) groups is 1. The number of hydrogen-bond acceptors (Lipinski definition) is 4. The largest absolute Gasteiger partial charge is 0.490 e. The maximum atomic E-state index is 13.8. The van der Waals surface area contributed by atoms with Crippen molar-refractivity contribution >= 4 is 17.3 Å². The molecule has 0 heterocycles. The molecule has 24 heavy (non-hydrogen) atoms. The molecule has 0 fully saturated rings. The van der Waals surface area contributed by atoms with E-state index in [-0.39, 0.29) is 24.5 Å². The Kier molecular flexibility index (Phi) is 6.14. The standard InChI is InChI=1S/C18H21FN2O3/c1-3-24-17-15(5-4-6-16(17)19)18(23)20-13-7-9-14(10-8-13)21(2)11-12-22/h4-10,22H,3,11-12H2,1-2H3,(H,20,23). The van der Waals surface area contributed by atoms with Crippen LogP contribution < -0.4 is 15.0 Å². The lowest BCUT2D eigenvalue weighted by molar-refractivity contribution is 0.102. The van der Waals surface area contributed by atoms with Gasteiger partial charge in [0, 0.05) is 25.0 Å². The molecule has 2 aromatic carbocycles. The van der Waals surface area contributed by atoms with Crippen LogP contribution in [-0.2, 0) is 0 Å². The first-order valence-corrected chi connectivity index (χ1v) is 7.71. The topological polar surface area (TPSA) is 61.8 Å². The summed E-state index contributed by atoms with van der Waals surface area (Å²) in [6.45, 7) is 2.59. The van der Waals surface area contributed by atoms with Gasteiger partial charge < -0.3 is 20.1 Å². The number of aliphatic hydroxyl groups excluding tert-OH is 1. The number of rotatable bonds is 7. The van der Waals surface area contributed by atoms with Crippen molar-refractivity contribution in [2.75, 3.05) is 37.0 Å². The molecule has 2 rings (SSSR count). The zero-order chi connectivity index (χ0) is 17.5. The fraction of sp³-hybridized carbons (Fsp3) is 0.278. The SMILES string of the molecule is CCOc1c(F)cccc1C(=O)Nc1ccc(N(C)CCO)cc1. The molecule has 0 saturated heterocycles. The minimum atomic E-state index is -0.564. The Labute approximate surface area is 140 Å². The van der Waals surface area contributed by atoms with Crippen LogP contribution in [0, 0.1) is 5.82 Å². The summed E-state index contributed by atoms with van der Waals surface area (Å²) in [4.78, 5) is 14.3. The molecule has 0 aliphatic heterocycles. The first kappa shape index (κ1) is 17.7. The van der Waals surface area contributed by atoms with Crippen LogP contribution in [0.1, 0.15) is 17.3 Å². The number of hydrogen-bond donors (Lipinski definition) is 2. The molecule has 2 N–H and O–H groups in total. The van der Waals surface area contributed by atoms with Crippen LogP contribution in [0.4, 0.5) is 15.8 Å². The molecule has 5 nitrogen and oxygen atoms in total. The predicted molar refractivity (Wildman–Crippen MR) is 92.3 cm³/mol. The molecule has 0 saturated carbocycles. The summed E-state index contributed by atoms with van der Waals surface area (Å²) in [5, 5.41) is 11.7. The lowest BCUT2D eigenvalue weighted by Crippen LogP contribution is -2.21. The molecule has 0 unspecified atom stereocenters. The Hall–Kier alpha value is -2.60.